The molecule has 2 aromatic carbocycles. The van der Waals surface area contributed by atoms with Gasteiger partial charge in [0.25, 0.3) is 0 Å². The molecule has 0 unspecified atom stereocenters. The third-order valence-electron chi connectivity index (χ3n) is 8.17. The average Bonchev–Trinajstić information content (AvgIpc) is 3.53. The predicted molar refractivity (Wildman–Crippen MR) is 165 cm³/mol. The minimum atomic E-state index is -0.792. The van der Waals surface area contributed by atoms with Crippen molar-refractivity contribution in [3.63, 3.8) is 0 Å². The Morgan fingerprint density at radius 3 is 2.53 bits per heavy atom. The van der Waals surface area contributed by atoms with E-state index in [1.165, 1.54) is 5.56 Å². The highest BCUT2D eigenvalue weighted by molar-refractivity contribution is 6.43. The van der Waals surface area contributed by atoms with Crippen LogP contribution < -0.4 is 10.6 Å². The van der Waals surface area contributed by atoms with Crippen LogP contribution in [0.2, 0.25) is 10.2 Å². The number of primary amides is 1. The number of H-pyrrole nitrogens is 1. The molecule has 1 saturated heterocycles. The summed E-state index contributed by atoms with van der Waals surface area (Å²) in [4.78, 5) is 23.1. The fraction of sp³-hybridized carbons (Fsp3) is 0.333. The molecule has 0 radical (unpaired) electrons. The minimum Gasteiger partial charge on any atom is -0.444 e. The molecular weight excluding hydrogens is 589 g/mol. The van der Waals surface area contributed by atoms with Crippen LogP contribution in [-0.2, 0) is 17.2 Å². The van der Waals surface area contributed by atoms with Crippen molar-refractivity contribution in [1.29, 1.82) is 5.26 Å². The normalized spacial score (nSPS) is 15.1. The SMILES string of the molecule is Cn1nc2ccc(-c3n[nH]c4nc(N5CCC(CC(C)(C)OC(N)=O)(c6ccccc6)CC5)nc(C#N)c34)c(Cl)c2c1Cl. The van der Waals surface area contributed by atoms with Gasteiger partial charge in [-0.25, -0.2) is 9.78 Å². The molecule has 5 aromatic rings. The lowest BCUT2D eigenvalue weighted by molar-refractivity contribution is 0.0157. The van der Waals surface area contributed by atoms with E-state index >= 15 is 0 Å². The highest BCUT2D eigenvalue weighted by Gasteiger charge is 2.42. The molecule has 4 heterocycles. The number of carbonyl (C=O) groups excluding carboxylic acids is 1. The van der Waals surface area contributed by atoms with Crippen molar-refractivity contribution in [2.75, 3.05) is 18.0 Å². The van der Waals surface area contributed by atoms with E-state index in [2.05, 4.69) is 43.4 Å². The van der Waals surface area contributed by atoms with E-state index in [-0.39, 0.29) is 11.1 Å². The van der Waals surface area contributed by atoms with E-state index in [0.29, 0.717) is 68.8 Å². The summed E-state index contributed by atoms with van der Waals surface area (Å²) in [5, 5.41) is 23.9. The number of fused-ring (bicyclic) bond motifs is 2. The minimum absolute atomic E-state index is 0.188. The van der Waals surface area contributed by atoms with Crippen molar-refractivity contribution in [3.05, 3.63) is 63.9 Å². The fourth-order valence-electron chi connectivity index (χ4n) is 6.35. The van der Waals surface area contributed by atoms with Gasteiger partial charge in [-0.15, -0.1) is 0 Å². The van der Waals surface area contributed by atoms with Gasteiger partial charge >= 0.3 is 6.09 Å². The highest BCUT2D eigenvalue weighted by atomic mass is 35.5. The van der Waals surface area contributed by atoms with Gasteiger partial charge in [-0.3, -0.25) is 9.78 Å². The molecule has 1 aliphatic heterocycles. The number of nitrogens with zero attached hydrogens (tertiary/aromatic N) is 7. The molecule has 3 aromatic heterocycles. The molecular formula is C30H29Cl2N9O2. The number of aryl methyl sites for hydroxylation is 1. The lowest BCUT2D eigenvalue weighted by Gasteiger charge is -2.45. The summed E-state index contributed by atoms with van der Waals surface area (Å²) in [5.74, 6) is 0.436. The standard InChI is InChI=1S/C30H29Cl2N9O2/c1-29(2,43-27(34)42)16-30(17-7-5-4-6-8-17)11-13-41(14-12-30)28-35-20(15-33)22-24(37-38-26(22)36-28)18-9-10-19-21(23(18)31)25(32)40(3)39-19/h4-10H,11-14,16H2,1-3H3,(H2,34,42)(H,35,36,37,38). The van der Waals surface area contributed by atoms with Crippen LogP contribution in [0.15, 0.2) is 42.5 Å². The first-order valence-electron chi connectivity index (χ1n) is 13.8. The number of benzene rings is 2. The lowest BCUT2D eigenvalue weighted by atomic mass is 9.67. The zero-order valence-corrected chi connectivity index (χ0v) is 25.4. The van der Waals surface area contributed by atoms with Gasteiger partial charge in [0, 0.05) is 31.1 Å². The third-order valence-corrected chi connectivity index (χ3v) is 8.99. The zero-order valence-electron chi connectivity index (χ0n) is 23.9. The van der Waals surface area contributed by atoms with Gasteiger partial charge in [0.05, 0.1) is 21.3 Å². The number of amides is 1. The monoisotopic (exact) mass is 617 g/mol. The van der Waals surface area contributed by atoms with Crippen molar-refractivity contribution < 1.29 is 9.53 Å². The molecule has 0 bridgehead atoms. The van der Waals surface area contributed by atoms with Crippen LogP contribution in [0.5, 0.6) is 0 Å². The molecule has 3 N–H and O–H groups in total. The molecule has 43 heavy (non-hydrogen) atoms. The Hall–Kier alpha value is -4.40. The van der Waals surface area contributed by atoms with Gasteiger partial charge < -0.3 is 15.4 Å². The predicted octanol–water partition coefficient (Wildman–Crippen LogP) is 5.89. The Kier molecular flexibility index (Phi) is 7.15. The van der Waals surface area contributed by atoms with Crippen molar-refractivity contribution in [3.8, 4) is 17.3 Å². The van der Waals surface area contributed by atoms with Crippen molar-refractivity contribution in [2.45, 2.75) is 44.1 Å². The molecule has 0 atom stereocenters. The second-order valence-electron chi connectivity index (χ2n) is 11.5. The van der Waals surface area contributed by atoms with Crippen LogP contribution in [0.1, 0.15) is 44.4 Å². The maximum absolute atomic E-state index is 11.6. The summed E-state index contributed by atoms with van der Waals surface area (Å²) in [6.45, 7) is 5.02. The van der Waals surface area contributed by atoms with Crippen molar-refractivity contribution in [1.82, 2.24) is 29.9 Å². The summed E-state index contributed by atoms with van der Waals surface area (Å²) in [5.41, 5.74) is 7.86. The van der Waals surface area contributed by atoms with Crippen LogP contribution in [0.4, 0.5) is 10.7 Å². The number of nitrogens with one attached hydrogen (secondary N) is 1. The number of hydrogen-bond donors (Lipinski definition) is 2. The molecule has 0 saturated carbocycles. The molecule has 1 fully saturated rings. The lowest BCUT2D eigenvalue weighted by Crippen LogP contribution is -2.48. The van der Waals surface area contributed by atoms with Gasteiger partial charge in [-0.2, -0.15) is 20.4 Å². The Morgan fingerprint density at radius 2 is 1.86 bits per heavy atom. The quantitative estimate of drug-likeness (QED) is 0.239. The first kappa shape index (κ1) is 28.7. The van der Waals surface area contributed by atoms with Crippen LogP contribution in [0.3, 0.4) is 0 Å². The Balaban J connectivity index is 1.33. The van der Waals surface area contributed by atoms with E-state index in [1.54, 1.807) is 17.8 Å². The molecule has 13 heteroatoms. The molecule has 0 aliphatic carbocycles. The number of ether oxygens (including phenoxy) is 1. The number of aromatic nitrogens is 6. The number of rotatable bonds is 6. The van der Waals surface area contributed by atoms with Gasteiger partial charge in [0.1, 0.15) is 22.5 Å². The summed E-state index contributed by atoms with van der Waals surface area (Å²) >= 11 is 13.3. The maximum atomic E-state index is 11.6. The second kappa shape index (κ2) is 10.7. The smallest absolute Gasteiger partial charge is 0.405 e. The highest BCUT2D eigenvalue weighted by Crippen LogP contribution is 2.44. The Labute approximate surface area is 257 Å². The van der Waals surface area contributed by atoms with E-state index < -0.39 is 11.7 Å². The van der Waals surface area contributed by atoms with E-state index in [1.807, 2.05) is 38.1 Å². The number of aromatic amines is 1. The Bertz CT molecular complexity index is 1900. The van der Waals surface area contributed by atoms with Gasteiger partial charge in [0.15, 0.2) is 11.3 Å². The van der Waals surface area contributed by atoms with E-state index in [9.17, 15) is 10.1 Å². The molecule has 220 valence electrons. The first-order valence-corrected chi connectivity index (χ1v) is 14.5. The first-order chi connectivity index (χ1) is 20.5. The third kappa shape index (κ3) is 5.11. The maximum Gasteiger partial charge on any atom is 0.405 e. The molecule has 11 nitrogen and oxygen atoms in total. The largest absolute Gasteiger partial charge is 0.444 e. The topological polar surface area (TPSA) is 152 Å². The second-order valence-corrected chi connectivity index (χ2v) is 12.2. The number of anilines is 1. The molecule has 1 amide bonds. The van der Waals surface area contributed by atoms with Crippen LogP contribution in [0.25, 0.3) is 33.2 Å². The summed E-state index contributed by atoms with van der Waals surface area (Å²) < 4.78 is 7.04. The van der Waals surface area contributed by atoms with Crippen molar-refractivity contribution >= 4 is 57.2 Å². The molecule has 0 spiro atoms. The van der Waals surface area contributed by atoms with Crippen LogP contribution >= 0.6 is 23.2 Å². The summed E-state index contributed by atoms with van der Waals surface area (Å²) in [6, 6.07) is 16.1. The van der Waals surface area contributed by atoms with Crippen LogP contribution in [0, 0.1) is 11.3 Å². The van der Waals surface area contributed by atoms with Crippen LogP contribution in [-0.4, -0.2) is 54.7 Å². The van der Waals surface area contributed by atoms with E-state index in [4.69, 9.17) is 38.7 Å². The zero-order chi connectivity index (χ0) is 30.5. The number of nitriles is 1. The molecule has 1 aliphatic rings. The number of carbonyl (C=O) groups is 1. The van der Waals surface area contributed by atoms with Gasteiger partial charge in [-0.05, 0) is 50.8 Å². The number of halogens is 2. The van der Waals surface area contributed by atoms with Gasteiger partial charge in [0.2, 0.25) is 5.95 Å². The summed E-state index contributed by atoms with van der Waals surface area (Å²) in [6.07, 6.45) is 1.31. The fourth-order valence-corrected chi connectivity index (χ4v) is 6.97. The van der Waals surface area contributed by atoms with E-state index in [0.717, 1.165) is 12.8 Å². The number of hydrogen-bond acceptors (Lipinski definition) is 8. The molecule has 6 rings (SSSR count). The Morgan fingerprint density at radius 1 is 1.14 bits per heavy atom. The van der Waals surface area contributed by atoms with Crippen molar-refractivity contribution in [2.24, 2.45) is 12.8 Å². The number of piperidine rings is 1. The average molecular weight is 619 g/mol. The van der Waals surface area contributed by atoms with Gasteiger partial charge in [-0.1, -0.05) is 53.5 Å². The number of nitrogens with two attached hydrogens (primary N) is 1. The summed E-state index contributed by atoms with van der Waals surface area (Å²) in [7, 11) is 1.74.